The van der Waals surface area contributed by atoms with Crippen molar-refractivity contribution in [1.82, 2.24) is 0 Å². The molecule has 0 fully saturated rings. The van der Waals surface area contributed by atoms with Gasteiger partial charge in [0.05, 0.1) is 24.3 Å². The van der Waals surface area contributed by atoms with Gasteiger partial charge in [0.15, 0.2) is 0 Å². The Kier molecular flexibility index (Phi) is 6.06. The van der Waals surface area contributed by atoms with Crippen molar-refractivity contribution in [3.63, 3.8) is 0 Å². The fraction of sp³-hybridized carbons (Fsp3) is 0.143. The second-order valence-corrected chi connectivity index (χ2v) is 6.79. The van der Waals surface area contributed by atoms with Crippen LogP contribution >= 0.6 is 11.8 Å². The molecule has 28 heavy (non-hydrogen) atoms. The molecule has 0 unspecified atom stereocenters. The number of methoxy groups -OCH3 is 1. The number of ether oxygens (including phenoxy) is 2. The van der Waals surface area contributed by atoms with E-state index >= 15 is 0 Å². The lowest BCUT2D eigenvalue weighted by Gasteiger charge is -2.04. The van der Waals surface area contributed by atoms with Crippen LogP contribution in [-0.2, 0) is 9.53 Å². The molecule has 3 rings (SSSR count). The van der Waals surface area contributed by atoms with Crippen LogP contribution in [0.25, 0.3) is 6.08 Å². The van der Waals surface area contributed by atoms with Crippen molar-refractivity contribution in [2.75, 3.05) is 13.7 Å². The number of rotatable bonds is 5. The predicted molar refractivity (Wildman–Crippen MR) is 110 cm³/mol. The molecule has 0 saturated carbocycles. The smallest absolute Gasteiger partial charge is 0.344 e. The fourth-order valence-corrected chi connectivity index (χ4v) is 3.52. The van der Waals surface area contributed by atoms with Gasteiger partial charge < -0.3 is 19.7 Å². The molecule has 0 amide bonds. The molecule has 0 radical (unpaired) electrons. The third kappa shape index (κ3) is 4.37. The van der Waals surface area contributed by atoms with Crippen molar-refractivity contribution >= 4 is 34.5 Å². The van der Waals surface area contributed by atoms with E-state index in [1.807, 2.05) is 0 Å². The molecule has 1 heterocycles. The first-order chi connectivity index (χ1) is 13.5. The lowest BCUT2D eigenvalue weighted by Crippen LogP contribution is -2.12. The summed E-state index contributed by atoms with van der Waals surface area (Å²) in [4.78, 5) is 17.4. The molecule has 2 N–H and O–H groups in total. The molecule has 0 atom stereocenters. The highest BCUT2D eigenvalue weighted by Crippen LogP contribution is 2.40. The van der Waals surface area contributed by atoms with Gasteiger partial charge in [-0.25, -0.2) is 9.79 Å². The zero-order valence-electron chi connectivity index (χ0n) is 15.4. The number of benzene rings is 2. The van der Waals surface area contributed by atoms with Crippen molar-refractivity contribution in [3.8, 4) is 11.5 Å². The minimum atomic E-state index is -0.631. The van der Waals surface area contributed by atoms with Crippen LogP contribution in [0.2, 0.25) is 0 Å². The number of nitrogens with zero attached hydrogens (tertiary/aromatic N) is 1. The van der Waals surface area contributed by atoms with Crippen molar-refractivity contribution in [2.24, 2.45) is 4.99 Å². The molecule has 0 aliphatic carbocycles. The Morgan fingerprint density at radius 2 is 1.79 bits per heavy atom. The molecule has 1 aliphatic heterocycles. The number of hydrogen-bond acceptors (Lipinski definition) is 7. The van der Waals surface area contributed by atoms with Crippen molar-refractivity contribution in [3.05, 3.63) is 70.3 Å². The quantitative estimate of drug-likeness (QED) is 0.717. The van der Waals surface area contributed by atoms with Gasteiger partial charge >= 0.3 is 5.97 Å². The topological polar surface area (TPSA) is 88.4 Å². The molecule has 144 valence electrons. The Morgan fingerprint density at radius 1 is 1.11 bits per heavy atom. The Labute approximate surface area is 166 Å². The first-order valence-electron chi connectivity index (χ1n) is 8.54. The van der Waals surface area contributed by atoms with Gasteiger partial charge in [0.1, 0.15) is 27.9 Å². The second kappa shape index (κ2) is 8.67. The van der Waals surface area contributed by atoms with Crippen LogP contribution in [0.1, 0.15) is 12.5 Å². The zero-order valence-corrected chi connectivity index (χ0v) is 16.2. The number of esters is 1. The zero-order chi connectivity index (χ0) is 20.1. The maximum Gasteiger partial charge on any atom is 0.344 e. The van der Waals surface area contributed by atoms with Gasteiger partial charge in [-0.2, -0.15) is 0 Å². The van der Waals surface area contributed by atoms with Crippen LogP contribution in [0.15, 0.2) is 69.8 Å². The third-order valence-electron chi connectivity index (χ3n) is 3.86. The number of phenolic OH excluding ortho intramolecular Hbond substituents is 1. The summed E-state index contributed by atoms with van der Waals surface area (Å²) in [6, 6.07) is 13.6. The highest BCUT2D eigenvalue weighted by molar-refractivity contribution is 8.18. The molecule has 2 aromatic rings. The average molecular weight is 397 g/mol. The largest absolute Gasteiger partial charge is 0.508 e. The van der Waals surface area contributed by atoms with Crippen molar-refractivity contribution in [2.45, 2.75) is 6.92 Å². The summed E-state index contributed by atoms with van der Waals surface area (Å²) in [5.74, 6) is 0.0348. The highest BCUT2D eigenvalue weighted by atomic mass is 32.2. The normalized spacial score (nSPS) is 16.6. The molecule has 2 aromatic carbocycles. The number of aliphatic imine (C=N–C) groups is 1. The number of aromatic hydroxyl groups is 1. The van der Waals surface area contributed by atoms with E-state index in [1.54, 1.807) is 68.6 Å². The van der Waals surface area contributed by atoms with Gasteiger partial charge in [-0.15, -0.1) is 0 Å². The third-order valence-corrected chi connectivity index (χ3v) is 4.88. The first kappa shape index (κ1) is 19.6. The number of thioether (sulfide) groups is 1. The van der Waals surface area contributed by atoms with E-state index in [1.165, 1.54) is 11.8 Å². The van der Waals surface area contributed by atoms with Crippen molar-refractivity contribution < 1.29 is 24.5 Å². The average Bonchev–Trinajstić information content (AvgIpc) is 2.99. The van der Waals surface area contributed by atoms with Crippen LogP contribution in [0.4, 0.5) is 5.69 Å². The maximum atomic E-state index is 12.4. The SMILES string of the molecule is CCOC(=O)C1=C(O)/C(=C\c2ccc(O)cc2)SC1=Nc1ccc(OC)cc1. The van der Waals surface area contributed by atoms with E-state index in [4.69, 9.17) is 9.47 Å². The monoisotopic (exact) mass is 397 g/mol. The van der Waals surface area contributed by atoms with E-state index in [0.717, 1.165) is 5.56 Å². The van der Waals surface area contributed by atoms with E-state index in [-0.39, 0.29) is 23.7 Å². The standard InChI is InChI=1S/C21H19NO5S/c1-3-27-21(25)18-19(24)17(12-13-4-8-15(23)9-5-13)28-20(18)22-14-6-10-16(26-2)11-7-14/h4-12,23-24H,3H2,1-2H3/b17-12+,22-20?. The van der Waals surface area contributed by atoms with Gasteiger partial charge in [0.2, 0.25) is 0 Å². The van der Waals surface area contributed by atoms with Gasteiger partial charge in [-0.3, -0.25) is 0 Å². The summed E-state index contributed by atoms with van der Waals surface area (Å²) in [6.07, 6.45) is 1.72. The summed E-state index contributed by atoms with van der Waals surface area (Å²) in [7, 11) is 1.58. The molecule has 0 saturated heterocycles. The minimum Gasteiger partial charge on any atom is -0.508 e. The predicted octanol–water partition coefficient (Wildman–Crippen LogP) is 4.59. The molecule has 7 heteroatoms. The lowest BCUT2D eigenvalue weighted by molar-refractivity contribution is -0.138. The summed E-state index contributed by atoms with van der Waals surface area (Å²) in [5.41, 5.74) is 1.41. The second-order valence-electron chi connectivity index (χ2n) is 5.76. The van der Waals surface area contributed by atoms with Crippen LogP contribution in [0, 0.1) is 0 Å². The summed E-state index contributed by atoms with van der Waals surface area (Å²) < 4.78 is 10.2. The maximum absolute atomic E-state index is 12.4. The summed E-state index contributed by atoms with van der Waals surface area (Å²) in [5, 5.41) is 20.4. The molecule has 0 spiro atoms. The van der Waals surface area contributed by atoms with Gasteiger partial charge in [-0.1, -0.05) is 23.9 Å². The van der Waals surface area contributed by atoms with E-state index in [9.17, 15) is 15.0 Å². The van der Waals surface area contributed by atoms with Crippen LogP contribution in [0.3, 0.4) is 0 Å². The Bertz CT molecular complexity index is 959. The number of carbonyl (C=O) groups is 1. The summed E-state index contributed by atoms with van der Waals surface area (Å²) >= 11 is 1.18. The minimum absolute atomic E-state index is 0.0349. The lowest BCUT2D eigenvalue weighted by atomic mass is 10.1. The van der Waals surface area contributed by atoms with E-state index in [0.29, 0.717) is 21.4 Å². The van der Waals surface area contributed by atoms with Crippen LogP contribution in [-0.4, -0.2) is 34.9 Å². The fourth-order valence-electron chi connectivity index (χ4n) is 2.49. The number of aliphatic hydroxyl groups is 1. The van der Waals surface area contributed by atoms with Crippen LogP contribution < -0.4 is 4.74 Å². The van der Waals surface area contributed by atoms with Crippen molar-refractivity contribution in [1.29, 1.82) is 0 Å². The van der Waals surface area contributed by atoms with E-state index < -0.39 is 5.97 Å². The molecule has 6 nitrogen and oxygen atoms in total. The molecule has 1 aliphatic rings. The van der Waals surface area contributed by atoms with Crippen LogP contribution in [0.5, 0.6) is 11.5 Å². The Morgan fingerprint density at radius 3 is 2.39 bits per heavy atom. The number of phenols is 1. The summed E-state index contributed by atoms with van der Waals surface area (Å²) in [6.45, 7) is 1.89. The number of aliphatic hydroxyl groups excluding tert-OH is 1. The van der Waals surface area contributed by atoms with Gasteiger partial charge in [0.25, 0.3) is 0 Å². The molecular weight excluding hydrogens is 378 g/mol. The number of carbonyl (C=O) groups excluding carboxylic acids is 1. The first-order valence-corrected chi connectivity index (χ1v) is 9.36. The highest BCUT2D eigenvalue weighted by Gasteiger charge is 2.33. The van der Waals surface area contributed by atoms with Gasteiger partial charge in [0, 0.05) is 0 Å². The Hall–Kier alpha value is -3.19. The molecule has 0 aromatic heterocycles. The number of hydrogen-bond donors (Lipinski definition) is 2. The molecule has 0 bridgehead atoms. The van der Waals surface area contributed by atoms with Gasteiger partial charge in [-0.05, 0) is 55.0 Å². The molecular formula is C21H19NO5S. The Balaban J connectivity index is 2.00. The van der Waals surface area contributed by atoms with E-state index in [2.05, 4.69) is 4.99 Å².